The predicted octanol–water partition coefficient (Wildman–Crippen LogP) is 3.13. The minimum atomic E-state index is 0.472. The quantitative estimate of drug-likeness (QED) is 0.767. The molecule has 0 spiro atoms. The highest BCUT2D eigenvalue weighted by Crippen LogP contribution is 2.31. The summed E-state index contributed by atoms with van der Waals surface area (Å²) in [7, 11) is 2.09. The van der Waals surface area contributed by atoms with Gasteiger partial charge in [0.25, 0.3) is 0 Å². The highest BCUT2D eigenvalue weighted by molar-refractivity contribution is 4.86. The number of likely N-dealkylation sites (tertiary alicyclic amines) is 1. The first-order chi connectivity index (χ1) is 8.06. The Bertz CT molecular complexity index is 211. The van der Waals surface area contributed by atoms with Gasteiger partial charge in [-0.3, -0.25) is 4.90 Å². The Balaban J connectivity index is 2.64. The Morgan fingerprint density at radius 2 is 1.82 bits per heavy atom. The van der Waals surface area contributed by atoms with Crippen LogP contribution >= 0.6 is 0 Å². The maximum Gasteiger partial charge on any atom is 0.00673 e. The summed E-state index contributed by atoms with van der Waals surface area (Å²) in [5.41, 5.74) is 0.472. The molecular weight excluding hydrogens is 208 g/mol. The Morgan fingerprint density at radius 3 is 2.35 bits per heavy atom. The molecule has 0 radical (unpaired) electrons. The molecule has 1 aliphatic heterocycles. The molecule has 0 saturated carbocycles. The Morgan fingerprint density at radius 1 is 1.18 bits per heavy atom. The molecule has 1 aliphatic rings. The molecule has 17 heavy (non-hydrogen) atoms. The average molecular weight is 240 g/mol. The summed E-state index contributed by atoms with van der Waals surface area (Å²) < 4.78 is 0. The number of piperidine rings is 1. The summed E-state index contributed by atoms with van der Waals surface area (Å²) in [5, 5.41) is 3.40. The van der Waals surface area contributed by atoms with E-state index in [0.29, 0.717) is 5.41 Å². The van der Waals surface area contributed by atoms with E-state index in [4.69, 9.17) is 0 Å². The Hall–Kier alpha value is -0.0800. The minimum absolute atomic E-state index is 0.472. The summed E-state index contributed by atoms with van der Waals surface area (Å²) in [6.07, 6.45) is 5.35. The van der Waals surface area contributed by atoms with Crippen molar-refractivity contribution in [2.75, 3.05) is 26.7 Å². The first kappa shape index (κ1) is 15.0. The molecule has 2 heteroatoms. The molecule has 0 aromatic carbocycles. The predicted molar refractivity (Wildman–Crippen MR) is 76.4 cm³/mol. The molecule has 0 amide bonds. The molecule has 0 aromatic heterocycles. The molecule has 1 rings (SSSR count). The molecule has 0 aliphatic carbocycles. The van der Waals surface area contributed by atoms with Gasteiger partial charge >= 0.3 is 0 Å². The highest BCUT2D eigenvalue weighted by atomic mass is 15.2. The lowest BCUT2D eigenvalue weighted by molar-refractivity contribution is 0.0615. The number of nitrogens with one attached hydrogen (secondary N) is 1. The molecule has 1 N–H and O–H groups in total. The topological polar surface area (TPSA) is 15.3 Å². The van der Waals surface area contributed by atoms with Crippen LogP contribution in [0.4, 0.5) is 0 Å². The van der Waals surface area contributed by atoms with E-state index in [1.54, 1.807) is 0 Å². The van der Waals surface area contributed by atoms with E-state index in [9.17, 15) is 0 Å². The van der Waals surface area contributed by atoms with E-state index in [1.807, 2.05) is 0 Å². The Kier molecular flexibility index (Phi) is 5.94. The zero-order valence-electron chi connectivity index (χ0n) is 12.6. The molecule has 0 aromatic rings. The fourth-order valence-electron chi connectivity index (χ4n) is 3.19. The lowest BCUT2D eigenvalue weighted by Crippen LogP contribution is -2.49. The standard InChI is InChI=1S/C15H32N2/c1-6-15(7-2,11-16-5)12-17-10-13(3)8-9-14(17)4/h13-14,16H,6-12H2,1-5H3. The maximum absolute atomic E-state index is 3.40. The van der Waals surface area contributed by atoms with E-state index in [1.165, 1.54) is 38.8 Å². The van der Waals surface area contributed by atoms with Crippen LogP contribution in [0.3, 0.4) is 0 Å². The van der Waals surface area contributed by atoms with Crippen LogP contribution in [0, 0.1) is 11.3 Å². The first-order valence-corrected chi connectivity index (χ1v) is 7.45. The van der Waals surface area contributed by atoms with Crippen LogP contribution in [-0.4, -0.2) is 37.6 Å². The van der Waals surface area contributed by atoms with Crippen molar-refractivity contribution in [3.05, 3.63) is 0 Å². The van der Waals surface area contributed by atoms with Crippen molar-refractivity contribution >= 4 is 0 Å². The van der Waals surface area contributed by atoms with Crippen molar-refractivity contribution < 1.29 is 0 Å². The van der Waals surface area contributed by atoms with E-state index >= 15 is 0 Å². The zero-order chi connectivity index (χ0) is 12.9. The van der Waals surface area contributed by atoms with E-state index in [2.05, 4.69) is 45.0 Å². The second kappa shape index (κ2) is 6.75. The third-order valence-corrected chi connectivity index (χ3v) is 4.84. The van der Waals surface area contributed by atoms with Crippen molar-refractivity contribution in [2.45, 2.75) is 59.4 Å². The largest absolute Gasteiger partial charge is 0.319 e. The number of nitrogens with zero attached hydrogens (tertiary/aromatic N) is 1. The normalized spacial score (nSPS) is 27.4. The van der Waals surface area contributed by atoms with Crippen LogP contribution in [0.2, 0.25) is 0 Å². The van der Waals surface area contributed by atoms with Gasteiger partial charge in [0, 0.05) is 25.7 Å². The van der Waals surface area contributed by atoms with Crippen molar-refractivity contribution in [3.8, 4) is 0 Å². The zero-order valence-corrected chi connectivity index (χ0v) is 12.6. The summed E-state index contributed by atoms with van der Waals surface area (Å²) in [5.74, 6) is 0.882. The molecule has 1 saturated heterocycles. The van der Waals surface area contributed by atoms with Gasteiger partial charge < -0.3 is 5.32 Å². The number of rotatable bonds is 6. The van der Waals surface area contributed by atoms with Crippen LogP contribution < -0.4 is 5.32 Å². The molecule has 1 fully saturated rings. The van der Waals surface area contributed by atoms with Crippen LogP contribution in [0.15, 0.2) is 0 Å². The van der Waals surface area contributed by atoms with E-state index < -0.39 is 0 Å². The highest BCUT2D eigenvalue weighted by Gasteiger charge is 2.32. The van der Waals surface area contributed by atoms with Crippen molar-refractivity contribution in [3.63, 3.8) is 0 Å². The molecule has 0 bridgehead atoms. The molecule has 2 nitrogen and oxygen atoms in total. The number of hydrogen-bond donors (Lipinski definition) is 1. The van der Waals surface area contributed by atoms with Gasteiger partial charge in [-0.15, -0.1) is 0 Å². The first-order valence-electron chi connectivity index (χ1n) is 7.45. The van der Waals surface area contributed by atoms with Gasteiger partial charge in [-0.2, -0.15) is 0 Å². The summed E-state index contributed by atoms with van der Waals surface area (Å²) in [6, 6.07) is 0.778. The molecule has 102 valence electrons. The van der Waals surface area contributed by atoms with Gasteiger partial charge in [0.05, 0.1) is 0 Å². The smallest absolute Gasteiger partial charge is 0.00673 e. The molecular formula is C15H32N2. The van der Waals surface area contributed by atoms with Gasteiger partial charge in [-0.1, -0.05) is 20.8 Å². The summed E-state index contributed by atoms with van der Waals surface area (Å²) in [6.45, 7) is 13.2. The Labute approximate surface area is 108 Å². The lowest BCUT2D eigenvalue weighted by Gasteiger charge is -2.43. The molecule has 1 heterocycles. The lowest BCUT2D eigenvalue weighted by atomic mass is 9.80. The van der Waals surface area contributed by atoms with Gasteiger partial charge in [0.2, 0.25) is 0 Å². The fourth-order valence-corrected chi connectivity index (χ4v) is 3.19. The van der Waals surface area contributed by atoms with Crippen molar-refractivity contribution in [1.29, 1.82) is 0 Å². The van der Waals surface area contributed by atoms with E-state index in [-0.39, 0.29) is 0 Å². The SMILES string of the molecule is CCC(CC)(CNC)CN1CC(C)CCC1C. The van der Waals surface area contributed by atoms with Crippen molar-refractivity contribution in [1.82, 2.24) is 10.2 Å². The number of hydrogen-bond acceptors (Lipinski definition) is 2. The van der Waals surface area contributed by atoms with Crippen LogP contribution in [0.1, 0.15) is 53.4 Å². The molecule has 2 unspecified atom stereocenters. The third kappa shape index (κ3) is 3.96. The maximum atomic E-state index is 3.40. The van der Waals surface area contributed by atoms with Gasteiger partial charge in [0.15, 0.2) is 0 Å². The third-order valence-electron chi connectivity index (χ3n) is 4.84. The van der Waals surface area contributed by atoms with Crippen LogP contribution in [0.5, 0.6) is 0 Å². The minimum Gasteiger partial charge on any atom is -0.319 e. The second-order valence-corrected chi connectivity index (χ2v) is 6.20. The molecule has 2 atom stereocenters. The average Bonchev–Trinajstić information content (AvgIpc) is 2.33. The van der Waals surface area contributed by atoms with Gasteiger partial charge in [-0.25, -0.2) is 0 Å². The second-order valence-electron chi connectivity index (χ2n) is 6.20. The monoisotopic (exact) mass is 240 g/mol. The van der Waals surface area contributed by atoms with Gasteiger partial charge in [-0.05, 0) is 51.0 Å². The fraction of sp³-hybridized carbons (Fsp3) is 1.00. The van der Waals surface area contributed by atoms with Crippen molar-refractivity contribution in [2.24, 2.45) is 11.3 Å². The summed E-state index contributed by atoms with van der Waals surface area (Å²) in [4.78, 5) is 2.73. The van der Waals surface area contributed by atoms with Crippen LogP contribution in [-0.2, 0) is 0 Å². The van der Waals surface area contributed by atoms with E-state index in [0.717, 1.165) is 18.5 Å². The van der Waals surface area contributed by atoms with Gasteiger partial charge in [0.1, 0.15) is 0 Å². The summed E-state index contributed by atoms with van der Waals surface area (Å²) >= 11 is 0. The van der Waals surface area contributed by atoms with Crippen LogP contribution in [0.25, 0.3) is 0 Å².